The second kappa shape index (κ2) is 7.57. The first-order valence-corrected chi connectivity index (χ1v) is 8.97. The lowest BCUT2D eigenvalue weighted by Gasteiger charge is -2.32. The van der Waals surface area contributed by atoms with Crippen LogP contribution in [0.15, 0.2) is 42.5 Å². The molecule has 0 unspecified atom stereocenters. The van der Waals surface area contributed by atoms with Crippen molar-refractivity contribution < 1.29 is 14.3 Å². The Balaban J connectivity index is 1.70. The molecule has 0 aromatic heterocycles. The van der Waals surface area contributed by atoms with Crippen LogP contribution in [0, 0.1) is 11.3 Å². The summed E-state index contributed by atoms with van der Waals surface area (Å²) in [6.45, 7) is 1.53. The number of nitriles is 1. The number of fused-ring (bicyclic) bond motifs is 1. The number of benzene rings is 2. The molecule has 1 fully saturated rings. The van der Waals surface area contributed by atoms with Crippen molar-refractivity contribution in [1.82, 2.24) is 5.32 Å². The third-order valence-electron chi connectivity index (χ3n) is 4.95. The zero-order valence-corrected chi connectivity index (χ0v) is 14.8. The van der Waals surface area contributed by atoms with Gasteiger partial charge in [-0.15, -0.1) is 0 Å². The van der Waals surface area contributed by atoms with E-state index in [1.165, 1.54) is 6.92 Å². The Hall–Kier alpha value is -2.87. The SMILES string of the molecule is C[C@@H](OC(=O)c1cccc2ccccc12)C(=O)NC1(C#N)CCCCC1. The molecule has 1 saturated carbocycles. The Morgan fingerprint density at radius 1 is 1.12 bits per heavy atom. The molecule has 26 heavy (non-hydrogen) atoms. The molecule has 0 saturated heterocycles. The maximum absolute atomic E-state index is 12.5. The van der Waals surface area contributed by atoms with Crippen LogP contribution < -0.4 is 5.32 Å². The molecule has 1 N–H and O–H groups in total. The normalized spacial score (nSPS) is 17.1. The molecular formula is C21H22N2O3. The fraction of sp³-hybridized carbons (Fsp3) is 0.381. The minimum Gasteiger partial charge on any atom is -0.449 e. The highest BCUT2D eigenvalue weighted by Crippen LogP contribution is 2.27. The molecule has 2 aromatic carbocycles. The second-order valence-corrected chi connectivity index (χ2v) is 6.82. The predicted octanol–water partition coefficient (Wildman–Crippen LogP) is 3.73. The van der Waals surface area contributed by atoms with Gasteiger partial charge < -0.3 is 10.1 Å². The lowest BCUT2D eigenvalue weighted by atomic mass is 9.83. The number of carbonyl (C=O) groups excluding carboxylic acids is 2. The first-order chi connectivity index (χ1) is 12.5. The minimum absolute atomic E-state index is 0.426. The van der Waals surface area contributed by atoms with E-state index < -0.39 is 23.5 Å². The van der Waals surface area contributed by atoms with Gasteiger partial charge in [-0.2, -0.15) is 5.26 Å². The van der Waals surface area contributed by atoms with E-state index in [1.54, 1.807) is 12.1 Å². The van der Waals surface area contributed by atoms with Crippen LogP contribution in [-0.2, 0) is 9.53 Å². The van der Waals surface area contributed by atoms with Gasteiger partial charge in [0.05, 0.1) is 11.6 Å². The Kier molecular flexibility index (Phi) is 5.22. The van der Waals surface area contributed by atoms with E-state index in [0.29, 0.717) is 18.4 Å². The van der Waals surface area contributed by atoms with E-state index in [1.807, 2.05) is 30.3 Å². The monoisotopic (exact) mass is 350 g/mol. The molecule has 1 aliphatic rings. The molecular weight excluding hydrogens is 328 g/mol. The summed E-state index contributed by atoms with van der Waals surface area (Å²) >= 11 is 0. The van der Waals surface area contributed by atoms with Gasteiger partial charge in [0.1, 0.15) is 5.54 Å². The molecule has 0 heterocycles. The molecule has 1 amide bonds. The number of rotatable bonds is 4. The third kappa shape index (κ3) is 3.70. The summed E-state index contributed by atoms with van der Waals surface area (Å²) in [5, 5.41) is 14.0. The van der Waals surface area contributed by atoms with E-state index in [-0.39, 0.29) is 0 Å². The smallest absolute Gasteiger partial charge is 0.339 e. The number of hydrogen-bond acceptors (Lipinski definition) is 4. The van der Waals surface area contributed by atoms with Crippen molar-refractivity contribution >= 4 is 22.6 Å². The van der Waals surface area contributed by atoms with Gasteiger partial charge in [0.2, 0.25) is 0 Å². The third-order valence-corrected chi connectivity index (χ3v) is 4.95. The van der Waals surface area contributed by atoms with E-state index in [0.717, 1.165) is 30.0 Å². The van der Waals surface area contributed by atoms with Crippen LogP contribution in [0.2, 0.25) is 0 Å². The van der Waals surface area contributed by atoms with E-state index in [4.69, 9.17) is 4.74 Å². The van der Waals surface area contributed by atoms with E-state index in [9.17, 15) is 14.9 Å². The average Bonchev–Trinajstić information content (AvgIpc) is 2.68. The number of esters is 1. The van der Waals surface area contributed by atoms with Crippen LogP contribution in [0.4, 0.5) is 0 Å². The van der Waals surface area contributed by atoms with Gasteiger partial charge >= 0.3 is 5.97 Å². The van der Waals surface area contributed by atoms with Crippen molar-refractivity contribution in [2.45, 2.75) is 50.7 Å². The standard InChI is InChI=1S/C21H22N2O3/c1-15(19(24)23-21(14-22)12-5-2-6-13-21)26-20(25)18-11-7-9-16-8-3-4-10-17(16)18/h3-4,7-11,15H,2,5-6,12-13H2,1H3,(H,23,24)/t15-/m1/s1. The van der Waals surface area contributed by atoms with Gasteiger partial charge in [0, 0.05) is 0 Å². The largest absolute Gasteiger partial charge is 0.449 e. The average molecular weight is 350 g/mol. The van der Waals surface area contributed by atoms with Gasteiger partial charge in [-0.3, -0.25) is 4.79 Å². The highest BCUT2D eigenvalue weighted by atomic mass is 16.5. The van der Waals surface area contributed by atoms with Gasteiger partial charge in [-0.25, -0.2) is 4.79 Å². The summed E-state index contributed by atoms with van der Waals surface area (Å²) in [6, 6.07) is 15.2. The van der Waals surface area contributed by atoms with Crippen molar-refractivity contribution in [2.24, 2.45) is 0 Å². The molecule has 3 rings (SSSR count). The van der Waals surface area contributed by atoms with E-state index >= 15 is 0 Å². The van der Waals surface area contributed by atoms with Crippen LogP contribution in [0.5, 0.6) is 0 Å². The fourth-order valence-electron chi connectivity index (χ4n) is 3.44. The van der Waals surface area contributed by atoms with E-state index in [2.05, 4.69) is 11.4 Å². The number of carbonyl (C=O) groups is 2. The zero-order valence-electron chi connectivity index (χ0n) is 14.8. The first-order valence-electron chi connectivity index (χ1n) is 8.97. The lowest BCUT2D eigenvalue weighted by Crippen LogP contribution is -2.52. The fourth-order valence-corrected chi connectivity index (χ4v) is 3.44. The number of amides is 1. The lowest BCUT2D eigenvalue weighted by molar-refractivity contribution is -0.130. The summed E-state index contributed by atoms with van der Waals surface area (Å²) in [7, 11) is 0. The van der Waals surface area contributed by atoms with Crippen molar-refractivity contribution in [3.05, 3.63) is 48.0 Å². The Labute approximate surface area is 153 Å². The van der Waals surface area contributed by atoms with Crippen molar-refractivity contribution in [2.75, 3.05) is 0 Å². The maximum Gasteiger partial charge on any atom is 0.339 e. The van der Waals surface area contributed by atoms with Gasteiger partial charge in [-0.05, 0) is 36.6 Å². The summed E-state index contributed by atoms with van der Waals surface area (Å²) in [4.78, 5) is 25.0. The molecule has 134 valence electrons. The Morgan fingerprint density at radius 3 is 2.54 bits per heavy atom. The molecule has 5 heteroatoms. The van der Waals surface area contributed by atoms with Crippen LogP contribution in [0.3, 0.4) is 0 Å². The minimum atomic E-state index is -0.964. The Bertz CT molecular complexity index is 858. The number of nitrogens with one attached hydrogen (secondary N) is 1. The van der Waals surface area contributed by atoms with Crippen molar-refractivity contribution in [3.63, 3.8) is 0 Å². The predicted molar refractivity (Wildman–Crippen MR) is 98.4 cm³/mol. The van der Waals surface area contributed by atoms with Gasteiger partial charge in [0.25, 0.3) is 5.91 Å². The second-order valence-electron chi connectivity index (χ2n) is 6.82. The van der Waals surface area contributed by atoms with Crippen molar-refractivity contribution in [1.29, 1.82) is 5.26 Å². The van der Waals surface area contributed by atoms with Crippen LogP contribution in [-0.4, -0.2) is 23.5 Å². The molecule has 5 nitrogen and oxygen atoms in total. The van der Waals surface area contributed by atoms with Crippen molar-refractivity contribution in [3.8, 4) is 6.07 Å². The summed E-state index contributed by atoms with van der Waals surface area (Å²) in [5.41, 5.74) is -0.412. The summed E-state index contributed by atoms with van der Waals surface area (Å²) < 4.78 is 5.38. The van der Waals surface area contributed by atoms with Crippen LogP contribution in [0.1, 0.15) is 49.4 Å². The van der Waals surface area contributed by atoms with Gasteiger partial charge in [-0.1, -0.05) is 55.7 Å². The number of nitrogens with zero attached hydrogens (tertiary/aromatic N) is 1. The quantitative estimate of drug-likeness (QED) is 0.852. The summed E-state index contributed by atoms with van der Waals surface area (Å²) in [6.07, 6.45) is 3.22. The Morgan fingerprint density at radius 2 is 1.81 bits per heavy atom. The zero-order chi connectivity index (χ0) is 18.6. The maximum atomic E-state index is 12.5. The van der Waals surface area contributed by atoms with Crippen LogP contribution in [0.25, 0.3) is 10.8 Å². The molecule has 0 aliphatic heterocycles. The molecule has 2 aromatic rings. The molecule has 0 radical (unpaired) electrons. The molecule has 0 bridgehead atoms. The molecule has 0 spiro atoms. The number of ether oxygens (including phenoxy) is 1. The number of hydrogen-bond donors (Lipinski definition) is 1. The summed E-state index contributed by atoms with van der Waals surface area (Å²) in [5.74, 6) is -0.971. The first kappa shape index (κ1) is 17.9. The topological polar surface area (TPSA) is 79.2 Å². The van der Waals surface area contributed by atoms with Crippen LogP contribution >= 0.6 is 0 Å². The molecule has 1 atom stereocenters. The highest BCUT2D eigenvalue weighted by Gasteiger charge is 2.35. The highest BCUT2D eigenvalue weighted by molar-refractivity contribution is 6.05. The molecule has 1 aliphatic carbocycles. The van der Waals surface area contributed by atoms with Gasteiger partial charge in [0.15, 0.2) is 6.10 Å².